The molecule has 0 bridgehead atoms. The first-order chi connectivity index (χ1) is 16.3. The normalized spacial score (nSPS) is 19.4. The van der Waals surface area contributed by atoms with Gasteiger partial charge in [0.2, 0.25) is 0 Å². The Morgan fingerprint density at radius 2 is 1.97 bits per heavy atom. The average molecular weight is 492 g/mol. The number of methoxy groups -OCH3 is 1. The predicted molar refractivity (Wildman–Crippen MR) is 134 cm³/mol. The number of allylic oxidation sites excluding steroid dienone is 1. The van der Waals surface area contributed by atoms with E-state index in [0.29, 0.717) is 48.6 Å². The number of carbonyl (C=O) groups is 1. The van der Waals surface area contributed by atoms with Crippen LogP contribution in [-0.2, 0) is 16.1 Å². The molecule has 1 aromatic carbocycles. The van der Waals surface area contributed by atoms with Crippen molar-refractivity contribution in [3.63, 3.8) is 0 Å². The van der Waals surface area contributed by atoms with Crippen LogP contribution in [0.5, 0.6) is 0 Å². The van der Waals surface area contributed by atoms with Gasteiger partial charge < -0.3 is 25.6 Å². The maximum absolute atomic E-state index is 13.7. The Kier molecular flexibility index (Phi) is 9.50. The Bertz CT molecular complexity index is 935. The molecule has 2 aliphatic heterocycles. The van der Waals surface area contributed by atoms with Crippen molar-refractivity contribution in [2.45, 2.75) is 51.3 Å². The summed E-state index contributed by atoms with van der Waals surface area (Å²) in [5.41, 5.74) is 7.66. The van der Waals surface area contributed by atoms with Crippen LogP contribution in [0.25, 0.3) is 0 Å². The zero-order chi connectivity index (χ0) is 24.7. The molecular weight excluding hydrogens is 457 g/mol. The lowest BCUT2D eigenvalue weighted by atomic mass is 9.98. The van der Waals surface area contributed by atoms with E-state index in [4.69, 9.17) is 22.1 Å². The number of nitrogens with two attached hydrogens (primary N) is 1. The summed E-state index contributed by atoms with van der Waals surface area (Å²) >= 11 is 5.75. The average Bonchev–Trinajstić information content (AvgIpc) is 2.87. The van der Waals surface area contributed by atoms with Crippen molar-refractivity contribution in [1.29, 1.82) is 0 Å². The molecule has 9 heteroatoms. The summed E-state index contributed by atoms with van der Waals surface area (Å²) in [6.07, 6.45) is 5.48. The number of hydrogen-bond acceptors (Lipinski definition) is 5. The molecule has 0 spiro atoms. The number of rotatable bonds is 8. The number of benzene rings is 1. The number of ether oxygens (including phenoxy) is 1. The van der Waals surface area contributed by atoms with Crippen LogP contribution in [0.1, 0.15) is 38.2 Å². The van der Waals surface area contributed by atoms with Crippen LogP contribution in [0.2, 0.25) is 5.02 Å². The first kappa shape index (κ1) is 26.2. The molecule has 3 N–H and O–H groups in total. The minimum Gasteiger partial charge on any atom is -0.390 e. The summed E-state index contributed by atoms with van der Waals surface area (Å²) in [4.78, 5) is 21.8. The van der Waals surface area contributed by atoms with Crippen LogP contribution in [0.4, 0.5) is 4.39 Å². The van der Waals surface area contributed by atoms with Crippen LogP contribution in [0.3, 0.4) is 0 Å². The highest BCUT2D eigenvalue weighted by Gasteiger charge is 2.31. The molecule has 34 heavy (non-hydrogen) atoms. The Morgan fingerprint density at radius 3 is 2.56 bits per heavy atom. The fourth-order valence-electron chi connectivity index (χ4n) is 4.58. The number of halogens is 2. The summed E-state index contributed by atoms with van der Waals surface area (Å²) in [5, 5.41) is 3.21. The van der Waals surface area contributed by atoms with Crippen molar-refractivity contribution in [2.75, 3.05) is 33.3 Å². The Hall–Kier alpha value is -2.42. The Morgan fingerprint density at radius 1 is 1.29 bits per heavy atom. The molecule has 0 aliphatic carbocycles. The van der Waals surface area contributed by atoms with E-state index in [1.165, 1.54) is 12.1 Å². The number of aliphatic imine (C=N–C) groups is 1. The Labute approximate surface area is 206 Å². The number of piperidine rings is 2. The van der Waals surface area contributed by atoms with Crippen LogP contribution < -0.4 is 11.1 Å². The lowest BCUT2D eigenvalue weighted by Gasteiger charge is -2.41. The van der Waals surface area contributed by atoms with Gasteiger partial charge in [-0.3, -0.25) is 4.79 Å². The second kappa shape index (κ2) is 12.3. The SMILES string of the molecule is C=C(NCc1ccc(Cl)c(F)c1)/C(C)=C(\N=C/N)C(=O)N1CCC(N2CCC(OC)CC2)CC1. The summed E-state index contributed by atoms with van der Waals surface area (Å²) in [5.74, 6) is -0.634. The number of hydrogen-bond donors (Lipinski definition) is 2. The zero-order valence-electron chi connectivity index (χ0n) is 20.0. The maximum atomic E-state index is 13.7. The molecule has 1 aromatic rings. The molecule has 0 saturated carbocycles. The zero-order valence-corrected chi connectivity index (χ0v) is 20.8. The summed E-state index contributed by atoms with van der Waals surface area (Å²) in [7, 11) is 1.78. The van der Waals surface area contributed by atoms with Gasteiger partial charge in [-0.1, -0.05) is 24.2 Å². The van der Waals surface area contributed by atoms with E-state index in [1.54, 1.807) is 20.1 Å². The number of nitrogens with zero attached hydrogens (tertiary/aromatic N) is 3. The van der Waals surface area contributed by atoms with Gasteiger partial charge in [0, 0.05) is 57.1 Å². The fraction of sp³-hybridized carbons (Fsp3) is 0.520. The monoisotopic (exact) mass is 491 g/mol. The molecule has 186 valence electrons. The van der Waals surface area contributed by atoms with Gasteiger partial charge in [-0.15, -0.1) is 0 Å². The lowest BCUT2D eigenvalue weighted by Crippen LogP contribution is -2.50. The van der Waals surface area contributed by atoms with E-state index in [1.807, 2.05) is 4.90 Å². The number of likely N-dealkylation sites (tertiary alicyclic amines) is 2. The van der Waals surface area contributed by atoms with Crippen molar-refractivity contribution >= 4 is 23.8 Å². The summed E-state index contributed by atoms with van der Waals surface area (Å²) in [6, 6.07) is 5.10. The quantitative estimate of drug-likeness (QED) is 0.252. The molecule has 1 amide bonds. The van der Waals surface area contributed by atoms with Crippen molar-refractivity contribution < 1.29 is 13.9 Å². The predicted octanol–water partition coefficient (Wildman–Crippen LogP) is 3.45. The molecule has 2 aliphatic rings. The van der Waals surface area contributed by atoms with Crippen molar-refractivity contribution in [3.8, 4) is 0 Å². The second-order valence-electron chi connectivity index (χ2n) is 8.83. The van der Waals surface area contributed by atoms with E-state index in [0.717, 1.165) is 45.1 Å². The van der Waals surface area contributed by atoms with E-state index in [-0.39, 0.29) is 16.6 Å². The third kappa shape index (κ3) is 6.58. The minimum absolute atomic E-state index is 0.0760. The number of nitrogens with one attached hydrogen (secondary N) is 1. The first-order valence-corrected chi connectivity index (χ1v) is 12.1. The third-order valence-corrected chi connectivity index (χ3v) is 7.09. The minimum atomic E-state index is -0.478. The van der Waals surface area contributed by atoms with Gasteiger partial charge in [-0.25, -0.2) is 9.38 Å². The highest BCUT2D eigenvalue weighted by molar-refractivity contribution is 6.30. The fourth-order valence-corrected chi connectivity index (χ4v) is 4.70. The van der Waals surface area contributed by atoms with Crippen molar-refractivity contribution in [1.82, 2.24) is 15.1 Å². The van der Waals surface area contributed by atoms with Gasteiger partial charge in [0.15, 0.2) is 0 Å². The smallest absolute Gasteiger partial charge is 0.272 e. The summed E-state index contributed by atoms with van der Waals surface area (Å²) in [6.45, 7) is 9.59. The van der Waals surface area contributed by atoms with E-state index in [2.05, 4.69) is 21.8 Å². The van der Waals surface area contributed by atoms with Crippen LogP contribution in [-0.4, -0.2) is 67.5 Å². The van der Waals surface area contributed by atoms with Gasteiger partial charge in [-0.2, -0.15) is 0 Å². The highest BCUT2D eigenvalue weighted by Crippen LogP contribution is 2.24. The lowest BCUT2D eigenvalue weighted by molar-refractivity contribution is -0.128. The Balaban J connectivity index is 1.59. The van der Waals surface area contributed by atoms with Gasteiger partial charge in [0.25, 0.3) is 5.91 Å². The van der Waals surface area contributed by atoms with Crippen LogP contribution in [0, 0.1) is 5.82 Å². The molecular formula is C25H35ClFN5O2. The van der Waals surface area contributed by atoms with Gasteiger partial charge in [-0.05, 0) is 50.3 Å². The van der Waals surface area contributed by atoms with Crippen LogP contribution in [0.15, 0.2) is 46.7 Å². The van der Waals surface area contributed by atoms with Gasteiger partial charge >= 0.3 is 0 Å². The topological polar surface area (TPSA) is 83.2 Å². The van der Waals surface area contributed by atoms with Gasteiger partial charge in [0.1, 0.15) is 11.5 Å². The third-order valence-electron chi connectivity index (χ3n) is 6.78. The summed E-state index contributed by atoms with van der Waals surface area (Å²) < 4.78 is 19.2. The molecule has 0 unspecified atom stereocenters. The molecule has 0 atom stereocenters. The maximum Gasteiger partial charge on any atom is 0.272 e. The van der Waals surface area contributed by atoms with Crippen molar-refractivity contribution in [3.05, 3.63) is 58.1 Å². The van der Waals surface area contributed by atoms with E-state index >= 15 is 0 Å². The largest absolute Gasteiger partial charge is 0.390 e. The van der Waals surface area contributed by atoms with E-state index in [9.17, 15) is 9.18 Å². The molecule has 0 aromatic heterocycles. The van der Waals surface area contributed by atoms with Crippen LogP contribution >= 0.6 is 11.6 Å². The standard InChI is InChI=1S/C25H35ClFN5O2/c1-17(18(2)29-15-19-4-5-22(26)23(27)14-19)24(30-16-28)25(33)32-10-6-20(7-11-32)31-12-8-21(34-3)9-13-31/h4-5,14,16,20-21,29H,2,6-13,15H2,1,3H3,(H2,28,30)/b24-17-. The highest BCUT2D eigenvalue weighted by atomic mass is 35.5. The molecule has 0 radical (unpaired) electrons. The van der Waals surface area contributed by atoms with Gasteiger partial charge in [0.05, 0.1) is 17.5 Å². The molecule has 2 heterocycles. The first-order valence-electron chi connectivity index (χ1n) is 11.7. The molecule has 2 fully saturated rings. The van der Waals surface area contributed by atoms with Crippen molar-refractivity contribution in [2.24, 2.45) is 10.7 Å². The molecule has 3 rings (SSSR count). The second-order valence-corrected chi connectivity index (χ2v) is 9.23. The number of amides is 1. The van der Waals surface area contributed by atoms with E-state index < -0.39 is 5.82 Å². The molecule has 7 nitrogen and oxygen atoms in total. The number of carbonyl (C=O) groups excluding carboxylic acids is 1. The molecule has 2 saturated heterocycles.